The van der Waals surface area contributed by atoms with Gasteiger partial charge in [0.25, 0.3) is 0 Å². The molecule has 0 atom stereocenters. The van der Waals surface area contributed by atoms with Gasteiger partial charge in [-0.3, -0.25) is 9.13 Å². The number of aromatic nitrogens is 2. The normalized spacial score (nSPS) is 11.3. The molecule has 3 heteroatoms. The summed E-state index contributed by atoms with van der Waals surface area (Å²) in [5, 5.41) is 0. The molecule has 0 fully saturated rings. The Morgan fingerprint density at radius 3 is 1.69 bits per heavy atom. The van der Waals surface area contributed by atoms with Crippen LogP contribution in [0.1, 0.15) is 65.2 Å². The standard InChI is InChI=1S/C33H40N2O/c1-3-27(4-2)19-11-6-5-7-18-26-34-31(28-20-12-8-13-21-28)32(29-22-14-9-15-23-29)35(33(34)36)30-24-16-10-17-25-30/h8-10,12-17,20-25,27H,3-7,11,18-19,26H2,1-2H3. The van der Waals surface area contributed by atoms with Crippen molar-refractivity contribution in [3.8, 4) is 28.2 Å². The van der Waals surface area contributed by atoms with Crippen LogP contribution in [0.25, 0.3) is 28.2 Å². The number of para-hydroxylation sites is 1. The molecule has 0 saturated carbocycles. The predicted molar refractivity (Wildman–Crippen MR) is 153 cm³/mol. The van der Waals surface area contributed by atoms with Gasteiger partial charge in [0.15, 0.2) is 0 Å². The third kappa shape index (κ3) is 6.07. The average Bonchev–Trinajstić information content (AvgIpc) is 3.23. The summed E-state index contributed by atoms with van der Waals surface area (Å²) in [6.07, 6.45) is 9.96. The zero-order chi connectivity index (χ0) is 25.2. The van der Waals surface area contributed by atoms with Crippen LogP contribution in [0.2, 0.25) is 0 Å². The highest BCUT2D eigenvalue weighted by molar-refractivity contribution is 5.80. The summed E-state index contributed by atoms with van der Waals surface area (Å²) in [5.74, 6) is 0.881. The lowest BCUT2D eigenvalue weighted by Crippen LogP contribution is -2.24. The van der Waals surface area contributed by atoms with Crippen LogP contribution in [0.3, 0.4) is 0 Å². The Bertz CT molecular complexity index is 1240. The van der Waals surface area contributed by atoms with Crippen LogP contribution < -0.4 is 5.69 Å². The Morgan fingerprint density at radius 1 is 0.611 bits per heavy atom. The van der Waals surface area contributed by atoms with Crippen molar-refractivity contribution >= 4 is 0 Å². The lowest BCUT2D eigenvalue weighted by Gasteiger charge is -2.12. The number of nitrogens with zero attached hydrogens (tertiary/aromatic N) is 2. The SMILES string of the molecule is CCC(CC)CCCCCCCn1c(-c2ccccc2)c(-c2ccccc2)n(-c2ccccc2)c1=O. The number of hydrogen-bond donors (Lipinski definition) is 0. The largest absolute Gasteiger partial charge is 0.333 e. The second-order valence-electron chi connectivity index (χ2n) is 9.77. The molecule has 3 aromatic carbocycles. The molecule has 0 saturated heterocycles. The summed E-state index contributed by atoms with van der Waals surface area (Å²) < 4.78 is 3.90. The second-order valence-corrected chi connectivity index (χ2v) is 9.77. The van der Waals surface area contributed by atoms with Crippen LogP contribution in [0.5, 0.6) is 0 Å². The van der Waals surface area contributed by atoms with E-state index in [1.54, 1.807) is 0 Å². The minimum absolute atomic E-state index is 0.0349. The van der Waals surface area contributed by atoms with Crippen molar-refractivity contribution in [2.24, 2.45) is 5.92 Å². The molecule has 0 aliphatic rings. The van der Waals surface area contributed by atoms with Gasteiger partial charge in [-0.2, -0.15) is 0 Å². The molecular weight excluding hydrogens is 440 g/mol. The molecule has 4 rings (SSSR count). The van der Waals surface area contributed by atoms with E-state index in [9.17, 15) is 4.79 Å². The average molecular weight is 481 g/mol. The summed E-state index contributed by atoms with van der Waals surface area (Å²) >= 11 is 0. The Labute approximate surface area is 216 Å². The van der Waals surface area contributed by atoms with E-state index in [1.165, 1.54) is 38.5 Å². The van der Waals surface area contributed by atoms with E-state index in [0.29, 0.717) is 0 Å². The monoisotopic (exact) mass is 480 g/mol. The molecule has 0 unspecified atom stereocenters. The fraction of sp³-hybridized carbons (Fsp3) is 0.364. The van der Waals surface area contributed by atoms with Crippen molar-refractivity contribution in [2.45, 2.75) is 71.8 Å². The van der Waals surface area contributed by atoms with E-state index >= 15 is 0 Å². The smallest absolute Gasteiger partial charge is 0.291 e. The molecule has 188 valence electrons. The summed E-state index contributed by atoms with van der Waals surface area (Å²) in [4.78, 5) is 14.0. The molecule has 0 spiro atoms. The molecule has 4 aromatic rings. The first-order chi connectivity index (χ1) is 17.7. The topological polar surface area (TPSA) is 26.9 Å². The molecule has 1 aromatic heterocycles. The zero-order valence-corrected chi connectivity index (χ0v) is 21.9. The fourth-order valence-electron chi connectivity index (χ4n) is 5.25. The van der Waals surface area contributed by atoms with Gasteiger partial charge in [0.2, 0.25) is 0 Å². The molecule has 0 aliphatic carbocycles. The number of rotatable bonds is 13. The first kappa shape index (κ1) is 25.8. The highest BCUT2D eigenvalue weighted by atomic mass is 16.1. The van der Waals surface area contributed by atoms with Crippen molar-refractivity contribution in [3.05, 3.63) is 101 Å². The zero-order valence-electron chi connectivity index (χ0n) is 21.9. The van der Waals surface area contributed by atoms with Crippen molar-refractivity contribution < 1.29 is 0 Å². The minimum atomic E-state index is 0.0349. The first-order valence-corrected chi connectivity index (χ1v) is 13.8. The highest BCUT2D eigenvalue weighted by Gasteiger charge is 2.23. The van der Waals surface area contributed by atoms with Gasteiger partial charge < -0.3 is 0 Å². The van der Waals surface area contributed by atoms with Crippen molar-refractivity contribution in [3.63, 3.8) is 0 Å². The van der Waals surface area contributed by atoms with E-state index in [4.69, 9.17) is 0 Å². The van der Waals surface area contributed by atoms with Gasteiger partial charge in [-0.05, 0) is 24.5 Å². The highest BCUT2D eigenvalue weighted by Crippen LogP contribution is 2.33. The molecule has 3 nitrogen and oxygen atoms in total. The Morgan fingerprint density at radius 2 is 1.11 bits per heavy atom. The lowest BCUT2D eigenvalue weighted by atomic mass is 9.96. The molecule has 0 radical (unpaired) electrons. The molecule has 0 aliphatic heterocycles. The lowest BCUT2D eigenvalue weighted by molar-refractivity contribution is 0.425. The van der Waals surface area contributed by atoms with Gasteiger partial charge in [0.1, 0.15) is 0 Å². The maximum atomic E-state index is 14.0. The van der Waals surface area contributed by atoms with Crippen LogP contribution in [-0.2, 0) is 6.54 Å². The van der Waals surface area contributed by atoms with Crippen molar-refractivity contribution in [1.29, 1.82) is 0 Å². The van der Waals surface area contributed by atoms with E-state index in [-0.39, 0.29) is 5.69 Å². The van der Waals surface area contributed by atoms with E-state index in [2.05, 4.69) is 50.2 Å². The quantitative estimate of drug-likeness (QED) is 0.176. The summed E-state index contributed by atoms with van der Waals surface area (Å²) in [5.41, 5.74) is 5.03. The van der Waals surface area contributed by atoms with Gasteiger partial charge in [0.05, 0.1) is 17.1 Å². The number of imidazole rings is 1. The summed E-state index contributed by atoms with van der Waals surface area (Å²) in [6, 6.07) is 30.7. The van der Waals surface area contributed by atoms with Crippen LogP contribution in [-0.4, -0.2) is 9.13 Å². The maximum absolute atomic E-state index is 14.0. The Hall–Kier alpha value is -3.33. The number of benzene rings is 3. The van der Waals surface area contributed by atoms with E-state index < -0.39 is 0 Å². The van der Waals surface area contributed by atoms with E-state index in [1.807, 2.05) is 63.7 Å². The predicted octanol–water partition coefficient (Wildman–Crippen LogP) is 8.75. The minimum Gasteiger partial charge on any atom is -0.291 e. The van der Waals surface area contributed by atoms with Crippen LogP contribution in [0.4, 0.5) is 0 Å². The first-order valence-electron chi connectivity index (χ1n) is 13.8. The van der Waals surface area contributed by atoms with Gasteiger partial charge in [0, 0.05) is 17.7 Å². The third-order valence-electron chi connectivity index (χ3n) is 7.40. The van der Waals surface area contributed by atoms with E-state index in [0.717, 1.165) is 53.5 Å². The third-order valence-corrected chi connectivity index (χ3v) is 7.40. The molecule has 0 bridgehead atoms. The molecule has 0 amide bonds. The van der Waals surface area contributed by atoms with Crippen molar-refractivity contribution in [2.75, 3.05) is 0 Å². The summed E-state index contributed by atoms with van der Waals surface area (Å²) in [6.45, 7) is 5.35. The number of unbranched alkanes of at least 4 members (excludes halogenated alkanes) is 4. The molecular formula is C33H40N2O. The fourth-order valence-corrected chi connectivity index (χ4v) is 5.25. The Kier molecular flexibility index (Phi) is 9.38. The number of hydrogen-bond acceptors (Lipinski definition) is 1. The molecule has 1 heterocycles. The maximum Gasteiger partial charge on any atom is 0.333 e. The van der Waals surface area contributed by atoms with Gasteiger partial charge in [-0.25, -0.2) is 4.79 Å². The Balaban J connectivity index is 1.64. The summed E-state index contributed by atoms with van der Waals surface area (Å²) in [7, 11) is 0. The van der Waals surface area contributed by atoms with Gasteiger partial charge in [-0.1, -0.05) is 138 Å². The van der Waals surface area contributed by atoms with Crippen LogP contribution in [0, 0.1) is 5.92 Å². The second kappa shape index (κ2) is 13.1. The van der Waals surface area contributed by atoms with Crippen LogP contribution in [0.15, 0.2) is 95.8 Å². The molecule has 36 heavy (non-hydrogen) atoms. The van der Waals surface area contributed by atoms with Gasteiger partial charge in [-0.15, -0.1) is 0 Å². The van der Waals surface area contributed by atoms with Gasteiger partial charge >= 0.3 is 5.69 Å². The molecule has 0 N–H and O–H groups in total. The van der Waals surface area contributed by atoms with Crippen molar-refractivity contribution in [1.82, 2.24) is 9.13 Å². The van der Waals surface area contributed by atoms with Crippen LogP contribution >= 0.6 is 0 Å².